The van der Waals surface area contributed by atoms with Gasteiger partial charge >= 0.3 is 0 Å². The number of nitrogens with zero attached hydrogens (tertiary/aromatic N) is 4. The minimum atomic E-state index is 0.107. The highest BCUT2D eigenvalue weighted by Gasteiger charge is 2.25. The highest BCUT2D eigenvalue weighted by atomic mass is 16.5. The Kier molecular flexibility index (Phi) is 6.54. The fourth-order valence-electron chi connectivity index (χ4n) is 3.87. The van der Waals surface area contributed by atoms with Crippen LogP contribution >= 0.6 is 0 Å². The molecule has 3 heterocycles. The van der Waals surface area contributed by atoms with Crippen molar-refractivity contribution in [3.8, 4) is 17.5 Å². The van der Waals surface area contributed by atoms with Gasteiger partial charge in [0, 0.05) is 32.0 Å². The number of pyridine rings is 1. The Hall–Kier alpha value is -3.21. The molecule has 3 aromatic rings. The second-order valence-corrected chi connectivity index (χ2v) is 8.97. The van der Waals surface area contributed by atoms with Gasteiger partial charge in [0.15, 0.2) is 0 Å². The molecule has 1 N–H and O–H groups in total. The van der Waals surface area contributed by atoms with Crippen LogP contribution in [0.5, 0.6) is 0 Å². The molecule has 32 heavy (non-hydrogen) atoms. The Morgan fingerprint density at radius 1 is 1.16 bits per heavy atom. The maximum absolute atomic E-state index is 9.56. The summed E-state index contributed by atoms with van der Waals surface area (Å²) in [7, 11) is 0. The second-order valence-electron chi connectivity index (χ2n) is 8.97. The summed E-state index contributed by atoms with van der Waals surface area (Å²) in [6.45, 7) is 10.4. The Balaban J connectivity index is 1.57. The normalized spacial score (nSPS) is 15.8. The number of ether oxygens (including phenoxy) is 1. The molecule has 2 aromatic heterocycles. The highest BCUT2D eigenvalue weighted by molar-refractivity contribution is 5.57. The van der Waals surface area contributed by atoms with E-state index in [9.17, 15) is 5.26 Å². The van der Waals surface area contributed by atoms with Gasteiger partial charge in [-0.15, -0.1) is 0 Å². The van der Waals surface area contributed by atoms with Crippen LogP contribution in [-0.4, -0.2) is 47.7 Å². The lowest BCUT2D eigenvalue weighted by Crippen LogP contribution is -2.41. The van der Waals surface area contributed by atoms with Crippen molar-refractivity contribution in [3.63, 3.8) is 0 Å². The van der Waals surface area contributed by atoms with Gasteiger partial charge in [-0.1, -0.05) is 45.0 Å². The zero-order valence-corrected chi connectivity index (χ0v) is 18.8. The molecule has 0 spiro atoms. The zero-order valence-electron chi connectivity index (χ0n) is 18.8. The van der Waals surface area contributed by atoms with Gasteiger partial charge in [0.05, 0.1) is 24.8 Å². The number of benzene rings is 1. The third-order valence-electron chi connectivity index (χ3n) is 5.75. The van der Waals surface area contributed by atoms with E-state index in [0.717, 1.165) is 18.7 Å². The number of nitrogens with one attached hydrogen (secondary N) is 1. The molecule has 0 radical (unpaired) electrons. The van der Waals surface area contributed by atoms with E-state index in [2.05, 4.69) is 71.3 Å². The van der Waals surface area contributed by atoms with E-state index in [-0.39, 0.29) is 17.2 Å². The third kappa shape index (κ3) is 4.98. The average molecular weight is 432 g/mol. The van der Waals surface area contributed by atoms with Crippen molar-refractivity contribution in [2.45, 2.75) is 32.2 Å². The summed E-state index contributed by atoms with van der Waals surface area (Å²) in [5.41, 5.74) is 3.61. The van der Waals surface area contributed by atoms with Gasteiger partial charge in [0.1, 0.15) is 6.07 Å². The standard InChI is InChI=1S/C25H29N5O2/c1-25(2,3)20-8-6-18(7-9-20)22(30-11-13-31-14-12-30)17-28-24-21(15-26)29-23(32-24)19-5-4-10-27-16-19/h4-10,16,22,28H,11-14,17H2,1-3H3/t22-/m1/s1. The number of aromatic nitrogens is 2. The fraction of sp³-hybridized carbons (Fsp3) is 0.400. The maximum atomic E-state index is 9.56. The Labute approximate surface area is 189 Å². The fourth-order valence-corrected chi connectivity index (χ4v) is 3.87. The van der Waals surface area contributed by atoms with Crippen LogP contribution in [0.4, 0.5) is 5.88 Å². The monoisotopic (exact) mass is 431 g/mol. The molecule has 1 saturated heterocycles. The number of rotatable bonds is 6. The predicted molar refractivity (Wildman–Crippen MR) is 123 cm³/mol. The van der Waals surface area contributed by atoms with E-state index in [0.29, 0.717) is 31.5 Å². The van der Waals surface area contributed by atoms with Gasteiger partial charge in [-0.25, -0.2) is 0 Å². The van der Waals surface area contributed by atoms with Gasteiger partial charge in [-0.05, 0) is 28.7 Å². The van der Waals surface area contributed by atoms with Crippen molar-refractivity contribution < 1.29 is 9.15 Å². The van der Waals surface area contributed by atoms with Crippen LogP contribution in [-0.2, 0) is 10.2 Å². The zero-order chi connectivity index (χ0) is 22.6. The quantitative estimate of drug-likeness (QED) is 0.619. The van der Waals surface area contributed by atoms with Crippen LogP contribution in [0.1, 0.15) is 43.6 Å². The minimum absolute atomic E-state index is 0.107. The molecule has 0 amide bonds. The lowest BCUT2D eigenvalue weighted by molar-refractivity contribution is 0.0186. The minimum Gasteiger partial charge on any atom is -0.419 e. The summed E-state index contributed by atoms with van der Waals surface area (Å²) in [6, 6.07) is 14.7. The van der Waals surface area contributed by atoms with E-state index in [1.165, 1.54) is 11.1 Å². The number of nitriles is 1. The van der Waals surface area contributed by atoms with Crippen molar-refractivity contribution in [3.05, 3.63) is 65.6 Å². The lowest BCUT2D eigenvalue weighted by Gasteiger charge is -2.35. The number of hydrogen-bond donors (Lipinski definition) is 1. The van der Waals surface area contributed by atoms with E-state index < -0.39 is 0 Å². The number of hydrogen-bond acceptors (Lipinski definition) is 7. The molecule has 166 valence electrons. The molecule has 1 atom stereocenters. The van der Waals surface area contributed by atoms with Gasteiger partial charge in [0.2, 0.25) is 17.5 Å². The van der Waals surface area contributed by atoms with Crippen LogP contribution in [0.2, 0.25) is 0 Å². The molecule has 4 rings (SSSR count). The summed E-state index contributed by atoms with van der Waals surface area (Å²) < 4.78 is 11.5. The predicted octanol–water partition coefficient (Wildman–Crippen LogP) is 4.39. The van der Waals surface area contributed by atoms with Crippen molar-refractivity contribution in [2.24, 2.45) is 0 Å². The van der Waals surface area contributed by atoms with Crippen LogP contribution in [0.3, 0.4) is 0 Å². The molecule has 7 heteroatoms. The molecule has 7 nitrogen and oxygen atoms in total. The lowest BCUT2D eigenvalue weighted by atomic mass is 9.86. The van der Waals surface area contributed by atoms with Crippen molar-refractivity contribution in [1.82, 2.24) is 14.9 Å². The second kappa shape index (κ2) is 9.51. The topological polar surface area (TPSA) is 87.2 Å². The summed E-state index contributed by atoms with van der Waals surface area (Å²) in [5, 5.41) is 12.9. The van der Waals surface area contributed by atoms with Crippen LogP contribution < -0.4 is 5.32 Å². The van der Waals surface area contributed by atoms with E-state index in [1.54, 1.807) is 12.4 Å². The van der Waals surface area contributed by atoms with Crippen LogP contribution in [0.15, 0.2) is 53.2 Å². The number of oxazole rings is 1. The molecular weight excluding hydrogens is 402 g/mol. The third-order valence-corrected chi connectivity index (χ3v) is 5.75. The molecule has 0 saturated carbocycles. The molecular formula is C25H29N5O2. The van der Waals surface area contributed by atoms with Crippen molar-refractivity contribution in [1.29, 1.82) is 5.26 Å². The van der Waals surface area contributed by atoms with Crippen LogP contribution in [0.25, 0.3) is 11.5 Å². The summed E-state index contributed by atoms with van der Waals surface area (Å²) in [4.78, 5) is 10.8. The largest absolute Gasteiger partial charge is 0.419 e. The van der Waals surface area contributed by atoms with Crippen LogP contribution in [0, 0.1) is 11.3 Å². The molecule has 1 fully saturated rings. The van der Waals surface area contributed by atoms with Gasteiger partial charge in [0.25, 0.3) is 0 Å². The SMILES string of the molecule is CC(C)(C)c1ccc([C@@H](CNc2oc(-c3cccnc3)nc2C#N)N2CCOCC2)cc1. The summed E-state index contributed by atoms with van der Waals surface area (Å²) in [6.07, 6.45) is 3.36. The van der Waals surface area contributed by atoms with E-state index in [4.69, 9.17) is 9.15 Å². The van der Waals surface area contributed by atoms with Crippen molar-refractivity contribution in [2.75, 3.05) is 38.2 Å². The molecule has 0 unspecified atom stereocenters. The molecule has 1 aromatic carbocycles. The first-order valence-electron chi connectivity index (χ1n) is 10.9. The smallest absolute Gasteiger partial charge is 0.232 e. The van der Waals surface area contributed by atoms with Gasteiger partial charge in [-0.2, -0.15) is 10.2 Å². The first-order valence-corrected chi connectivity index (χ1v) is 10.9. The number of morpholine rings is 1. The Morgan fingerprint density at radius 2 is 1.91 bits per heavy atom. The highest BCUT2D eigenvalue weighted by Crippen LogP contribution is 2.29. The first-order chi connectivity index (χ1) is 15.5. The Bertz CT molecular complexity index is 1060. The molecule has 1 aliphatic heterocycles. The van der Waals surface area contributed by atoms with Gasteiger partial charge in [-0.3, -0.25) is 9.88 Å². The average Bonchev–Trinajstić information content (AvgIpc) is 3.24. The number of anilines is 1. The first kappa shape index (κ1) is 22.0. The van der Waals surface area contributed by atoms with E-state index >= 15 is 0 Å². The Morgan fingerprint density at radius 3 is 2.53 bits per heavy atom. The molecule has 0 aliphatic carbocycles. The van der Waals surface area contributed by atoms with Gasteiger partial charge < -0.3 is 14.5 Å². The molecule has 1 aliphatic rings. The van der Waals surface area contributed by atoms with Crippen molar-refractivity contribution >= 4 is 5.88 Å². The maximum Gasteiger partial charge on any atom is 0.232 e. The molecule has 0 bridgehead atoms. The van der Waals surface area contributed by atoms with E-state index in [1.807, 2.05) is 12.1 Å². The summed E-state index contributed by atoms with van der Waals surface area (Å²) in [5.74, 6) is 0.769. The summed E-state index contributed by atoms with van der Waals surface area (Å²) >= 11 is 0.